The van der Waals surface area contributed by atoms with Crippen molar-refractivity contribution in [3.05, 3.63) is 22.7 Å². The number of nitrogens with zero attached hydrogens (tertiary/aromatic N) is 1. The molecular formula is C12H12BrN3O3S. The SMILES string of the molecule is Nc1ccc(NC(=O)CN2C(=O)CCSC2=O)c(Br)c1. The number of rotatable bonds is 3. The highest BCUT2D eigenvalue weighted by molar-refractivity contribution is 9.10. The third-order valence-electron chi connectivity index (χ3n) is 2.63. The number of halogens is 1. The first-order valence-corrected chi connectivity index (χ1v) is 7.57. The number of nitrogens with two attached hydrogens (primary N) is 1. The van der Waals surface area contributed by atoms with Crippen molar-refractivity contribution in [3.8, 4) is 0 Å². The van der Waals surface area contributed by atoms with E-state index in [1.165, 1.54) is 0 Å². The van der Waals surface area contributed by atoms with E-state index in [2.05, 4.69) is 21.2 Å². The van der Waals surface area contributed by atoms with Crippen LogP contribution in [-0.2, 0) is 9.59 Å². The number of thioether (sulfide) groups is 1. The van der Waals surface area contributed by atoms with Gasteiger partial charge in [0.15, 0.2) is 0 Å². The first-order chi connectivity index (χ1) is 9.47. The number of carbonyl (C=O) groups is 3. The van der Waals surface area contributed by atoms with Crippen molar-refractivity contribution in [2.75, 3.05) is 23.3 Å². The second-order valence-electron chi connectivity index (χ2n) is 4.13. The molecule has 0 saturated carbocycles. The molecular weight excluding hydrogens is 346 g/mol. The third kappa shape index (κ3) is 3.51. The topological polar surface area (TPSA) is 92.5 Å². The largest absolute Gasteiger partial charge is 0.399 e. The highest BCUT2D eigenvalue weighted by atomic mass is 79.9. The summed E-state index contributed by atoms with van der Waals surface area (Å²) in [6.07, 6.45) is 0.273. The number of hydrogen-bond donors (Lipinski definition) is 2. The minimum absolute atomic E-state index is 0.273. The predicted octanol–water partition coefficient (Wildman–Crippen LogP) is 2.06. The second kappa shape index (κ2) is 6.27. The first-order valence-electron chi connectivity index (χ1n) is 5.79. The van der Waals surface area contributed by atoms with Gasteiger partial charge in [0, 0.05) is 22.3 Å². The van der Waals surface area contributed by atoms with Gasteiger partial charge in [0.25, 0.3) is 5.24 Å². The molecule has 1 aliphatic rings. The quantitative estimate of drug-likeness (QED) is 0.807. The van der Waals surface area contributed by atoms with Crippen LogP contribution in [0.2, 0.25) is 0 Å². The van der Waals surface area contributed by atoms with Gasteiger partial charge in [-0.05, 0) is 34.1 Å². The van der Waals surface area contributed by atoms with Crippen LogP contribution in [0.5, 0.6) is 0 Å². The van der Waals surface area contributed by atoms with Crippen LogP contribution in [0.1, 0.15) is 6.42 Å². The Kier molecular flexibility index (Phi) is 4.66. The summed E-state index contributed by atoms with van der Waals surface area (Å²) in [5.41, 5.74) is 6.70. The van der Waals surface area contributed by atoms with Crippen LogP contribution in [0.3, 0.4) is 0 Å². The van der Waals surface area contributed by atoms with Crippen molar-refractivity contribution in [1.29, 1.82) is 0 Å². The monoisotopic (exact) mass is 357 g/mol. The van der Waals surface area contributed by atoms with Crippen LogP contribution in [0.4, 0.5) is 16.2 Å². The maximum atomic E-state index is 11.9. The lowest BCUT2D eigenvalue weighted by atomic mass is 10.3. The molecule has 6 nitrogen and oxygen atoms in total. The molecule has 0 atom stereocenters. The Balaban J connectivity index is 2.01. The summed E-state index contributed by atoms with van der Waals surface area (Å²) < 4.78 is 0.636. The van der Waals surface area contributed by atoms with E-state index >= 15 is 0 Å². The Morgan fingerprint density at radius 2 is 2.20 bits per heavy atom. The van der Waals surface area contributed by atoms with E-state index in [1.807, 2.05) is 0 Å². The zero-order valence-electron chi connectivity index (χ0n) is 10.4. The molecule has 1 fully saturated rings. The van der Waals surface area contributed by atoms with Gasteiger partial charge in [0.2, 0.25) is 11.8 Å². The third-order valence-corrected chi connectivity index (χ3v) is 4.16. The molecule has 0 unspecified atom stereocenters. The zero-order valence-corrected chi connectivity index (χ0v) is 12.8. The molecule has 1 saturated heterocycles. The van der Waals surface area contributed by atoms with Crippen LogP contribution in [0.25, 0.3) is 0 Å². The van der Waals surface area contributed by atoms with Crippen LogP contribution in [-0.4, -0.2) is 34.3 Å². The molecule has 1 aromatic rings. The zero-order chi connectivity index (χ0) is 14.7. The Hall–Kier alpha value is -1.54. The van der Waals surface area contributed by atoms with Crippen molar-refractivity contribution in [3.63, 3.8) is 0 Å². The summed E-state index contributed by atoms with van der Waals surface area (Å²) in [6, 6.07) is 4.95. The van der Waals surface area contributed by atoms with Crippen LogP contribution < -0.4 is 11.1 Å². The van der Waals surface area contributed by atoms with E-state index in [4.69, 9.17) is 5.73 Å². The number of hydrogen-bond acceptors (Lipinski definition) is 5. The van der Waals surface area contributed by atoms with Crippen molar-refractivity contribution >= 4 is 56.1 Å². The van der Waals surface area contributed by atoms with Crippen molar-refractivity contribution in [1.82, 2.24) is 4.90 Å². The lowest BCUT2D eigenvalue weighted by Crippen LogP contribution is -2.43. The Bertz CT molecular complexity index is 563. The lowest BCUT2D eigenvalue weighted by molar-refractivity contribution is -0.131. The molecule has 0 spiro atoms. The van der Waals surface area contributed by atoms with Crippen LogP contribution in [0.15, 0.2) is 22.7 Å². The maximum Gasteiger partial charge on any atom is 0.288 e. The van der Waals surface area contributed by atoms with Gasteiger partial charge in [-0.15, -0.1) is 0 Å². The number of amides is 3. The fraction of sp³-hybridized carbons (Fsp3) is 0.250. The average molecular weight is 358 g/mol. The van der Waals surface area contributed by atoms with Crippen molar-refractivity contribution in [2.24, 2.45) is 0 Å². The van der Waals surface area contributed by atoms with Crippen LogP contribution >= 0.6 is 27.7 Å². The van der Waals surface area contributed by atoms with Gasteiger partial charge in [0.05, 0.1) is 5.69 Å². The molecule has 3 amide bonds. The van der Waals surface area contributed by atoms with E-state index in [0.717, 1.165) is 16.7 Å². The summed E-state index contributed by atoms with van der Waals surface area (Å²) in [7, 11) is 0. The van der Waals surface area contributed by atoms with Gasteiger partial charge in [-0.25, -0.2) is 0 Å². The fourth-order valence-corrected chi connectivity index (χ4v) is 2.93. The van der Waals surface area contributed by atoms with Crippen LogP contribution in [0, 0.1) is 0 Å². The number of carbonyl (C=O) groups excluding carboxylic acids is 3. The highest BCUT2D eigenvalue weighted by Crippen LogP contribution is 2.25. The molecule has 8 heteroatoms. The molecule has 0 aromatic heterocycles. The molecule has 106 valence electrons. The Morgan fingerprint density at radius 1 is 1.45 bits per heavy atom. The highest BCUT2D eigenvalue weighted by Gasteiger charge is 2.28. The smallest absolute Gasteiger partial charge is 0.288 e. The minimum Gasteiger partial charge on any atom is -0.399 e. The van der Waals surface area contributed by atoms with Gasteiger partial charge in [-0.1, -0.05) is 11.8 Å². The van der Waals surface area contributed by atoms with Gasteiger partial charge >= 0.3 is 0 Å². The van der Waals surface area contributed by atoms with E-state index < -0.39 is 5.91 Å². The second-order valence-corrected chi connectivity index (χ2v) is 6.03. The van der Waals surface area contributed by atoms with Crippen molar-refractivity contribution in [2.45, 2.75) is 6.42 Å². The van der Waals surface area contributed by atoms with E-state index in [1.54, 1.807) is 18.2 Å². The number of nitrogens with one attached hydrogen (secondary N) is 1. The van der Waals surface area contributed by atoms with Gasteiger partial charge < -0.3 is 11.1 Å². The predicted molar refractivity (Wildman–Crippen MR) is 81.4 cm³/mol. The number of imide groups is 1. The number of benzene rings is 1. The molecule has 1 aliphatic heterocycles. The summed E-state index contributed by atoms with van der Waals surface area (Å²) in [5, 5.41) is 2.25. The molecule has 1 heterocycles. The number of anilines is 2. The number of nitrogen functional groups attached to an aromatic ring is 1. The fourth-order valence-electron chi connectivity index (χ4n) is 1.66. The normalized spacial score (nSPS) is 15.3. The van der Waals surface area contributed by atoms with E-state index in [9.17, 15) is 14.4 Å². The summed E-state index contributed by atoms with van der Waals surface area (Å²) in [5.74, 6) is -0.279. The average Bonchev–Trinajstić information content (AvgIpc) is 2.37. The molecule has 0 aliphatic carbocycles. The summed E-state index contributed by atoms with van der Waals surface area (Å²) in [4.78, 5) is 36.0. The van der Waals surface area contributed by atoms with Gasteiger partial charge in [-0.2, -0.15) is 0 Å². The summed E-state index contributed by atoms with van der Waals surface area (Å²) >= 11 is 4.32. The van der Waals surface area contributed by atoms with E-state index in [-0.39, 0.29) is 24.1 Å². The Morgan fingerprint density at radius 3 is 2.85 bits per heavy atom. The molecule has 0 radical (unpaired) electrons. The molecule has 20 heavy (non-hydrogen) atoms. The van der Waals surface area contributed by atoms with Gasteiger partial charge in [-0.3, -0.25) is 19.3 Å². The molecule has 3 N–H and O–H groups in total. The molecule has 2 rings (SSSR count). The summed E-state index contributed by atoms with van der Waals surface area (Å²) in [6.45, 7) is -0.276. The molecule has 1 aromatic carbocycles. The first kappa shape index (κ1) is 14.9. The van der Waals surface area contributed by atoms with Gasteiger partial charge in [0.1, 0.15) is 6.54 Å². The van der Waals surface area contributed by atoms with Crippen molar-refractivity contribution < 1.29 is 14.4 Å². The van der Waals surface area contributed by atoms with E-state index in [0.29, 0.717) is 21.6 Å². The minimum atomic E-state index is -0.431. The standard InChI is InChI=1S/C12H12BrN3O3S/c13-8-5-7(14)1-2-9(8)15-10(17)6-16-11(18)3-4-20-12(16)19/h1-2,5H,3-4,6,14H2,(H,15,17). The Labute approximate surface area is 128 Å². The molecule has 0 bridgehead atoms. The maximum absolute atomic E-state index is 11.9. The lowest BCUT2D eigenvalue weighted by Gasteiger charge is -2.23.